The van der Waals surface area contributed by atoms with Crippen molar-refractivity contribution in [3.63, 3.8) is 0 Å². The molecule has 1 amide bonds. The fraction of sp³-hybridized carbons (Fsp3) is 0.440. The van der Waals surface area contributed by atoms with E-state index in [1.807, 2.05) is 19.1 Å². The molecule has 2 aromatic rings. The van der Waals surface area contributed by atoms with Crippen LogP contribution in [0.1, 0.15) is 15.9 Å². The molecule has 190 valence electrons. The summed E-state index contributed by atoms with van der Waals surface area (Å²) in [5.74, 6) is -0.308. The van der Waals surface area contributed by atoms with Gasteiger partial charge < -0.3 is 34.8 Å². The molecular weight excluding hydrogens is 456 g/mol. The first-order valence-corrected chi connectivity index (χ1v) is 11.2. The zero-order valence-electron chi connectivity index (χ0n) is 20.2. The maximum Gasteiger partial charge on any atom is 0.320 e. The summed E-state index contributed by atoms with van der Waals surface area (Å²) in [5.41, 5.74) is 2.95. The predicted molar refractivity (Wildman–Crippen MR) is 127 cm³/mol. The minimum absolute atomic E-state index is 0.0471. The molecule has 3 rings (SSSR count). The van der Waals surface area contributed by atoms with Crippen LogP contribution in [0.2, 0.25) is 0 Å². The fourth-order valence-corrected chi connectivity index (χ4v) is 3.70. The summed E-state index contributed by atoms with van der Waals surface area (Å²) in [6.07, 6.45) is -6.93. The molecule has 0 saturated carbocycles. The molecule has 10 nitrogen and oxygen atoms in total. The maximum absolute atomic E-state index is 11.9. The van der Waals surface area contributed by atoms with Crippen LogP contribution in [-0.2, 0) is 14.3 Å². The number of nitrogens with zero attached hydrogens (tertiary/aromatic N) is 1. The number of aliphatic hydroxyl groups excluding tert-OH is 3. The summed E-state index contributed by atoms with van der Waals surface area (Å²) in [6.45, 7) is 1.55. The lowest BCUT2D eigenvalue weighted by atomic mass is 9.99. The van der Waals surface area contributed by atoms with E-state index in [0.717, 1.165) is 16.7 Å². The van der Waals surface area contributed by atoms with Gasteiger partial charge in [0, 0.05) is 12.6 Å². The number of hydrogen-bond donors (Lipinski definition) is 4. The molecule has 0 unspecified atom stereocenters. The lowest BCUT2D eigenvalue weighted by Crippen LogP contribution is -2.60. The molecule has 1 fully saturated rings. The van der Waals surface area contributed by atoms with Crippen LogP contribution in [0.25, 0.3) is 11.1 Å². The quantitative estimate of drug-likeness (QED) is 0.387. The molecule has 0 aromatic heterocycles. The Hall–Kier alpha value is -3.02. The van der Waals surface area contributed by atoms with Crippen molar-refractivity contribution in [1.29, 1.82) is 0 Å². The number of ether oxygens (including phenoxy) is 3. The van der Waals surface area contributed by atoms with E-state index in [-0.39, 0.29) is 19.1 Å². The van der Waals surface area contributed by atoms with E-state index in [9.17, 15) is 24.9 Å². The Kier molecular flexibility index (Phi) is 8.82. The Morgan fingerprint density at radius 3 is 2.40 bits per heavy atom. The van der Waals surface area contributed by atoms with Gasteiger partial charge in [-0.3, -0.25) is 14.5 Å². The molecular formula is C25H32N2O8. The van der Waals surface area contributed by atoms with Crippen molar-refractivity contribution in [3.05, 3.63) is 53.6 Å². The second-order valence-corrected chi connectivity index (χ2v) is 8.69. The van der Waals surface area contributed by atoms with Crippen molar-refractivity contribution >= 4 is 11.9 Å². The van der Waals surface area contributed by atoms with Gasteiger partial charge in [-0.2, -0.15) is 0 Å². The van der Waals surface area contributed by atoms with Gasteiger partial charge in [-0.05, 0) is 62.0 Å². The lowest BCUT2D eigenvalue weighted by Gasteiger charge is -2.40. The number of rotatable bonds is 8. The first-order chi connectivity index (χ1) is 16.6. The molecule has 0 spiro atoms. The van der Waals surface area contributed by atoms with E-state index < -0.39 is 36.7 Å². The molecule has 0 bridgehead atoms. The average Bonchev–Trinajstić information content (AvgIpc) is 2.83. The summed E-state index contributed by atoms with van der Waals surface area (Å²) < 4.78 is 16.6. The first kappa shape index (κ1) is 26.6. The first-order valence-electron chi connectivity index (χ1n) is 11.2. The summed E-state index contributed by atoms with van der Waals surface area (Å²) in [4.78, 5) is 25.4. The van der Waals surface area contributed by atoms with E-state index >= 15 is 0 Å². The molecule has 1 heterocycles. The van der Waals surface area contributed by atoms with Crippen LogP contribution in [0.15, 0.2) is 42.5 Å². The fourth-order valence-electron chi connectivity index (χ4n) is 3.70. The molecule has 5 atom stereocenters. The van der Waals surface area contributed by atoms with Crippen molar-refractivity contribution in [1.82, 2.24) is 10.2 Å². The lowest BCUT2D eigenvalue weighted by molar-refractivity contribution is -0.278. The molecule has 1 aliphatic heterocycles. The van der Waals surface area contributed by atoms with Gasteiger partial charge >= 0.3 is 5.97 Å². The van der Waals surface area contributed by atoms with Gasteiger partial charge in [0.2, 0.25) is 6.29 Å². The minimum atomic E-state index is -1.56. The zero-order valence-corrected chi connectivity index (χ0v) is 20.2. The smallest absolute Gasteiger partial charge is 0.320 e. The van der Waals surface area contributed by atoms with E-state index in [4.69, 9.17) is 14.2 Å². The number of amides is 1. The highest BCUT2D eigenvalue weighted by atomic mass is 16.7. The number of likely N-dealkylation sites (N-methyl/N-ethyl adjacent to an activating group) is 1. The van der Waals surface area contributed by atoms with Gasteiger partial charge in [-0.1, -0.05) is 18.2 Å². The number of aliphatic hydroxyl groups is 3. The Bertz CT molecular complexity index is 1040. The van der Waals surface area contributed by atoms with Crippen LogP contribution in [0.4, 0.5) is 0 Å². The third-order valence-corrected chi connectivity index (χ3v) is 5.63. The number of esters is 1. The van der Waals surface area contributed by atoms with Gasteiger partial charge in [-0.15, -0.1) is 0 Å². The summed E-state index contributed by atoms with van der Waals surface area (Å²) in [7, 11) is 4.99. The molecule has 4 N–H and O–H groups in total. The van der Waals surface area contributed by atoms with Gasteiger partial charge in [0.1, 0.15) is 36.8 Å². The van der Waals surface area contributed by atoms with Crippen LogP contribution < -0.4 is 10.1 Å². The number of benzene rings is 2. The van der Waals surface area contributed by atoms with Crippen LogP contribution in [0, 0.1) is 6.92 Å². The normalized spacial score (nSPS) is 24.2. The zero-order chi connectivity index (χ0) is 25.7. The highest BCUT2D eigenvalue weighted by Crippen LogP contribution is 2.30. The Morgan fingerprint density at radius 1 is 1.03 bits per heavy atom. The van der Waals surface area contributed by atoms with Gasteiger partial charge in [0.15, 0.2) is 0 Å². The number of carbonyl (C=O) groups excluding carboxylic acids is 2. The molecule has 10 heteroatoms. The molecule has 35 heavy (non-hydrogen) atoms. The van der Waals surface area contributed by atoms with Crippen molar-refractivity contribution in [3.8, 4) is 16.9 Å². The van der Waals surface area contributed by atoms with Crippen molar-refractivity contribution in [2.24, 2.45) is 0 Å². The number of aryl methyl sites for hydroxylation is 1. The van der Waals surface area contributed by atoms with Crippen LogP contribution in [0.5, 0.6) is 5.75 Å². The Labute approximate surface area is 204 Å². The van der Waals surface area contributed by atoms with Crippen molar-refractivity contribution in [2.45, 2.75) is 37.6 Å². The summed E-state index contributed by atoms with van der Waals surface area (Å²) >= 11 is 0. The molecule has 0 radical (unpaired) electrons. The molecule has 1 saturated heterocycles. The van der Waals surface area contributed by atoms with Gasteiger partial charge in [-0.25, -0.2) is 0 Å². The number of nitrogens with one attached hydrogen (secondary N) is 1. The predicted octanol–water partition coefficient (Wildman–Crippen LogP) is 0.313. The third kappa shape index (κ3) is 6.56. The van der Waals surface area contributed by atoms with Crippen LogP contribution in [-0.4, -0.2) is 97.1 Å². The Balaban J connectivity index is 1.72. The van der Waals surface area contributed by atoms with E-state index in [0.29, 0.717) is 11.3 Å². The monoisotopic (exact) mass is 488 g/mol. The topological polar surface area (TPSA) is 138 Å². The van der Waals surface area contributed by atoms with E-state index in [1.54, 1.807) is 56.4 Å². The van der Waals surface area contributed by atoms with Crippen LogP contribution >= 0.6 is 0 Å². The second kappa shape index (κ2) is 11.6. The van der Waals surface area contributed by atoms with Gasteiger partial charge in [0.25, 0.3) is 5.91 Å². The van der Waals surface area contributed by atoms with Crippen LogP contribution in [0.3, 0.4) is 0 Å². The number of hydrogen-bond acceptors (Lipinski definition) is 9. The standard InChI is InChI=1S/C25H32N2O8/c1-14-10-16(15-6-5-7-17(11-15)24(32)26-2)8-9-18(14)34-25-23(31)22(30)21(29)19(35-25)13-33-20(28)12-27(3)4/h5-11,19,21-23,25,29-31H,12-13H2,1-4H3,(H,26,32)/t19-,21+,22-,23+,25-/m0/s1. The largest absolute Gasteiger partial charge is 0.462 e. The SMILES string of the molecule is CNC(=O)c1cccc(-c2ccc(O[C@H]3O[C@@H](COC(=O)CN(C)C)[C@@H](O)[C@H](O)[C@H]3O)c(C)c2)c1. The second-order valence-electron chi connectivity index (χ2n) is 8.69. The molecule has 1 aliphatic rings. The van der Waals surface area contributed by atoms with E-state index in [1.165, 1.54) is 0 Å². The highest BCUT2D eigenvalue weighted by molar-refractivity contribution is 5.95. The third-order valence-electron chi connectivity index (χ3n) is 5.63. The number of carbonyl (C=O) groups is 2. The summed E-state index contributed by atoms with van der Waals surface area (Å²) in [5, 5.41) is 33.5. The average molecular weight is 489 g/mol. The molecule has 2 aromatic carbocycles. The highest BCUT2D eigenvalue weighted by Gasteiger charge is 2.45. The van der Waals surface area contributed by atoms with Crippen molar-refractivity contribution in [2.75, 3.05) is 34.3 Å². The minimum Gasteiger partial charge on any atom is -0.462 e. The summed E-state index contributed by atoms with van der Waals surface area (Å²) in [6, 6.07) is 12.5. The maximum atomic E-state index is 11.9. The van der Waals surface area contributed by atoms with Crippen molar-refractivity contribution < 1.29 is 39.1 Å². The molecule has 0 aliphatic carbocycles. The van der Waals surface area contributed by atoms with Gasteiger partial charge in [0.05, 0.1) is 6.54 Å². The Morgan fingerprint density at radius 2 is 1.74 bits per heavy atom. The van der Waals surface area contributed by atoms with E-state index in [2.05, 4.69) is 5.32 Å².